The molecule has 0 unspecified atom stereocenters. The fourth-order valence-corrected chi connectivity index (χ4v) is 0. The molecule has 0 aromatic rings. The molecule has 0 atom stereocenters. The molecule has 0 fully saturated rings. The van der Waals surface area contributed by atoms with Crippen molar-refractivity contribution < 1.29 is 23.6 Å². The van der Waals surface area contributed by atoms with Crippen LogP contribution < -0.4 is 0 Å². The van der Waals surface area contributed by atoms with Crippen molar-refractivity contribution in [3.8, 4) is 0 Å². The zero-order chi connectivity index (χ0) is 4.00. The van der Waals surface area contributed by atoms with Crippen LogP contribution in [0.2, 0.25) is 0 Å². The topological polar surface area (TPSA) is 34.1 Å². The van der Waals surface area contributed by atoms with E-state index in [4.69, 9.17) is 7.64 Å². The summed E-state index contributed by atoms with van der Waals surface area (Å²) in [6.07, 6.45) is 0. The molecular formula is AlCuO2. The van der Waals surface area contributed by atoms with Gasteiger partial charge in [-0.15, -0.1) is 0 Å². The van der Waals surface area contributed by atoms with E-state index in [9.17, 15) is 0 Å². The summed E-state index contributed by atoms with van der Waals surface area (Å²) in [5, 5.41) is 0. The second-order valence-corrected chi connectivity index (χ2v) is 0. The summed E-state index contributed by atoms with van der Waals surface area (Å²) in [4.78, 5) is 0. The van der Waals surface area contributed by atoms with Gasteiger partial charge in [0, 0.05) is 0 Å². The van der Waals surface area contributed by atoms with E-state index >= 15 is 0 Å². The molecule has 2 nitrogen and oxygen atoms in total. The molecule has 0 spiro atoms. The standard InChI is InChI=1S/Al.Cu.2O. The van der Waals surface area contributed by atoms with Crippen molar-refractivity contribution in [1.29, 1.82) is 0 Å². The van der Waals surface area contributed by atoms with Crippen molar-refractivity contribution in [2.75, 3.05) is 0 Å². The molecule has 0 aliphatic carbocycles. The Morgan fingerprint density at radius 1 is 1.25 bits per heavy atom. The monoisotopic (exact) mass is 122 g/mol. The summed E-state index contributed by atoms with van der Waals surface area (Å²) < 4.78 is 16.0. The van der Waals surface area contributed by atoms with Gasteiger partial charge in [0.05, 0.1) is 0 Å². The molecule has 26 valence electrons. The molecule has 0 rings (SSSR count). The first-order valence-corrected chi connectivity index (χ1v) is 1.21. The van der Waals surface area contributed by atoms with Gasteiger partial charge in [-0.2, -0.15) is 0 Å². The SMILES string of the molecule is [O]=[Al].[O]=[Cu]. The molecule has 0 heterocycles. The van der Waals surface area contributed by atoms with Crippen LogP contribution in [0, 0.1) is 0 Å². The van der Waals surface area contributed by atoms with Crippen molar-refractivity contribution in [3.63, 3.8) is 0 Å². The first-order valence-electron chi connectivity index (χ1n) is 0.359. The van der Waals surface area contributed by atoms with Gasteiger partial charge in [-0.3, -0.25) is 0 Å². The molecule has 0 aromatic heterocycles. The minimum absolute atomic E-state index is 1.17. The molecule has 0 N–H and O–H groups in total. The first kappa shape index (κ1) is 8.82. The zero-order valence-electron chi connectivity index (χ0n) is 1.70. The van der Waals surface area contributed by atoms with Crippen LogP contribution in [0.1, 0.15) is 0 Å². The van der Waals surface area contributed by atoms with Gasteiger partial charge in [-0.1, -0.05) is 0 Å². The summed E-state index contributed by atoms with van der Waals surface area (Å²) in [6.45, 7) is 0. The Morgan fingerprint density at radius 2 is 1.25 bits per heavy atom. The van der Waals surface area contributed by atoms with E-state index in [0.29, 0.717) is 0 Å². The van der Waals surface area contributed by atoms with E-state index in [1.165, 1.54) is 16.2 Å². The van der Waals surface area contributed by atoms with Crippen LogP contribution in [0.5, 0.6) is 0 Å². The molecule has 0 saturated heterocycles. The van der Waals surface area contributed by atoms with Gasteiger partial charge in [-0.25, -0.2) is 0 Å². The summed E-state index contributed by atoms with van der Waals surface area (Å²) in [7, 11) is 0. The van der Waals surface area contributed by atoms with Gasteiger partial charge >= 0.3 is 39.8 Å². The Hall–Kier alpha value is 0.652. The van der Waals surface area contributed by atoms with Gasteiger partial charge in [0.2, 0.25) is 0 Å². The molecule has 0 saturated carbocycles. The Labute approximate surface area is 40.2 Å². The molecule has 0 bridgehead atoms. The first-order chi connectivity index (χ1) is 2.00. The van der Waals surface area contributed by atoms with Crippen LogP contribution in [0.4, 0.5) is 0 Å². The zero-order valence-corrected chi connectivity index (χ0v) is 3.79. The molecule has 0 aliphatic heterocycles. The quantitative estimate of drug-likeness (QED) is 0.402. The summed E-state index contributed by atoms with van der Waals surface area (Å²) in [6, 6.07) is 0. The minimum atomic E-state index is 1.17. The van der Waals surface area contributed by atoms with Crippen LogP contribution in [0.15, 0.2) is 0 Å². The van der Waals surface area contributed by atoms with Crippen molar-refractivity contribution >= 4 is 16.2 Å². The third-order valence-electron chi connectivity index (χ3n) is 0. The Bertz CT molecular complexity index is 8.00. The molecule has 1 radical (unpaired) electrons. The predicted octanol–water partition coefficient (Wildman–Crippen LogP) is -0.621. The van der Waals surface area contributed by atoms with Crippen molar-refractivity contribution in [2.24, 2.45) is 0 Å². The van der Waals surface area contributed by atoms with Crippen LogP contribution in [0.3, 0.4) is 0 Å². The van der Waals surface area contributed by atoms with Crippen LogP contribution in [-0.4, -0.2) is 16.2 Å². The average molecular weight is 123 g/mol. The summed E-state index contributed by atoms with van der Waals surface area (Å²) in [5.74, 6) is 0. The van der Waals surface area contributed by atoms with E-state index in [1.807, 2.05) is 0 Å². The summed E-state index contributed by atoms with van der Waals surface area (Å²) >= 11 is 4.10. The molecular weight excluding hydrogens is 123 g/mol. The fraction of sp³-hybridized carbons (Fsp3) is 0. The van der Waals surface area contributed by atoms with Crippen LogP contribution in [-0.2, 0) is 23.6 Å². The molecule has 0 aromatic carbocycles. The number of hydrogen-bond donors (Lipinski definition) is 0. The number of hydrogen-bond acceptors (Lipinski definition) is 2. The van der Waals surface area contributed by atoms with Crippen molar-refractivity contribution in [3.05, 3.63) is 0 Å². The third-order valence-corrected chi connectivity index (χ3v) is 0. The third kappa shape index (κ3) is 17.0. The Morgan fingerprint density at radius 3 is 1.25 bits per heavy atom. The van der Waals surface area contributed by atoms with Crippen LogP contribution >= 0.6 is 0 Å². The van der Waals surface area contributed by atoms with Crippen LogP contribution in [0.25, 0.3) is 0 Å². The molecule has 4 heavy (non-hydrogen) atoms. The maximum atomic E-state index is 8.17. The van der Waals surface area contributed by atoms with E-state index in [1.54, 1.807) is 0 Å². The van der Waals surface area contributed by atoms with Crippen molar-refractivity contribution in [1.82, 2.24) is 0 Å². The molecule has 0 amide bonds. The summed E-state index contributed by atoms with van der Waals surface area (Å²) in [5.41, 5.74) is 0. The fourth-order valence-electron chi connectivity index (χ4n) is 0. The normalized spacial score (nSPS) is 2.25. The second kappa shape index (κ2) is 60.4. The predicted molar refractivity (Wildman–Crippen MR) is 7.13 cm³/mol. The van der Waals surface area contributed by atoms with Gasteiger partial charge in [-0.05, 0) is 0 Å². The number of rotatable bonds is 0. The Kier molecular flexibility index (Phi) is 133. The van der Waals surface area contributed by atoms with E-state index in [2.05, 4.69) is 15.9 Å². The van der Waals surface area contributed by atoms with E-state index < -0.39 is 0 Å². The van der Waals surface area contributed by atoms with Gasteiger partial charge in [0.1, 0.15) is 0 Å². The van der Waals surface area contributed by atoms with E-state index in [0.717, 1.165) is 0 Å². The van der Waals surface area contributed by atoms with Gasteiger partial charge in [0.25, 0.3) is 0 Å². The van der Waals surface area contributed by atoms with Gasteiger partial charge in [0.15, 0.2) is 0 Å². The average Bonchev–Trinajstić information content (AvgIpc) is 1.50. The maximum absolute atomic E-state index is 8.17. The second-order valence-electron chi connectivity index (χ2n) is 0. The van der Waals surface area contributed by atoms with Crippen molar-refractivity contribution in [2.45, 2.75) is 0 Å². The molecule has 4 heteroatoms. The van der Waals surface area contributed by atoms with Gasteiger partial charge < -0.3 is 0 Å². The Balaban J connectivity index is 0. The molecule has 0 aliphatic rings. The van der Waals surface area contributed by atoms with E-state index in [-0.39, 0.29) is 0 Å².